The topological polar surface area (TPSA) is 9.23 Å². The largest absolute Gasteiger partial charge is 0.497 e. The fraction of sp³-hybridized carbons (Fsp3) is 0.143. The summed E-state index contributed by atoms with van der Waals surface area (Å²) in [5.41, 5.74) is 0.948. The van der Waals surface area contributed by atoms with Gasteiger partial charge < -0.3 is 4.74 Å². The van der Waals surface area contributed by atoms with Crippen LogP contribution < -0.4 is 4.74 Å². The average molecular weight is 320 g/mol. The van der Waals surface area contributed by atoms with Gasteiger partial charge in [-0.25, -0.2) is 4.39 Å². The molecule has 0 saturated heterocycles. The van der Waals surface area contributed by atoms with E-state index in [-0.39, 0.29) is 0 Å². The van der Waals surface area contributed by atoms with Gasteiger partial charge in [-0.1, -0.05) is 35.3 Å². The lowest BCUT2D eigenvalue weighted by atomic mass is 10.0. The smallest absolute Gasteiger partial charge is 0.129 e. The lowest BCUT2D eigenvalue weighted by Crippen LogP contribution is -1.98. The SMILES string of the molecule is COc1ccc(C(Cl)c2ccc(Cl)cc2F)c(Cl)c1. The van der Waals surface area contributed by atoms with Gasteiger partial charge in [0.2, 0.25) is 0 Å². The fourth-order valence-corrected chi connectivity index (χ4v) is 2.58. The Morgan fingerprint density at radius 3 is 2.32 bits per heavy atom. The van der Waals surface area contributed by atoms with Crippen molar-refractivity contribution in [3.63, 3.8) is 0 Å². The van der Waals surface area contributed by atoms with E-state index in [2.05, 4.69) is 0 Å². The van der Waals surface area contributed by atoms with Crippen LogP contribution in [0.4, 0.5) is 4.39 Å². The Bertz CT molecular complexity index is 601. The predicted octanol–water partition coefficient (Wildman–Crippen LogP) is 5.47. The number of methoxy groups -OCH3 is 1. The van der Waals surface area contributed by atoms with E-state index < -0.39 is 11.2 Å². The van der Waals surface area contributed by atoms with Crippen LogP contribution in [0.3, 0.4) is 0 Å². The van der Waals surface area contributed by atoms with Crippen LogP contribution in [0.15, 0.2) is 36.4 Å². The summed E-state index contributed by atoms with van der Waals surface area (Å²) in [5, 5.41) is 0.0651. The molecule has 1 atom stereocenters. The first-order chi connectivity index (χ1) is 9.02. The molecule has 0 radical (unpaired) electrons. The molecule has 0 aliphatic heterocycles. The number of hydrogen-bond donors (Lipinski definition) is 0. The van der Waals surface area contributed by atoms with E-state index in [9.17, 15) is 4.39 Å². The van der Waals surface area contributed by atoms with Gasteiger partial charge in [0.15, 0.2) is 0 Å². The molecule has 0 N–H and O–H groups in total. The van der Waals surface area contributed by atoms with Crippen molar-refractivity contribution in [1.29, 1.82) is 0 Å². The second-order valence-electron chi connectivity index (χ2n) is 3.92. The van der Waals surface area contributed by atoms with Gasteiger partial charge in [0.05, 0.1) is 12.5 Å². The minimum atomic E-state index is -0.685. The summed E-state index contributed by atoms with van der Waals surface area (Å²) in [4.78, 5) is 0. The van der Waals surface area contributed by atoms with Gasteiger partial charge in [0.25, 0.3) is 0 Å². The predicted molar refractivity (Wildman–Crippen MR) is 77.1 cm³/mol. The monoisotopic (exact) mass is 318 g/mol. The van der Waals surface area contributed by atoms with Crippen molar-refractivity contribution in [2.45, 2.75) is 5.38 Å². The molecule has 2 rings (SSSR count). The van der Waals surface area contributed by atoms with Crippen LogP contribution in [-0.2, 0) is 0 Å². The third-order valence-corrected chi connectivity index (χ3v) is 3.75. The lowest BCUT2D eigenvalue weighted by molar-refractivity contribution is 0.414. The summed E-state index contributed by atoms with van der Waals surface area (Å²) >= 11 is 18.1. The van der Waals surface area contributed by atoms with Gasteiger partial charge in [0, 0.05) is 15.6 Å². The van der Waals surface area contributed by atoms with E-state index in [4.69, 9.17) is 39.5 Å². The number of benzene rings is 2. The van der Waals surface area contributed by atoms with Gasteiger partial charge in [-0.2, -0.15) is 0 Å². The van der Waals surface area contributed by atoms with Crippen molar-refractivity contribution in [3.8, 4) is 5.75 Å². The molecule has 2 aromatic carbocycles. The summed E-state index contributed by atoms with van der Waals surface area (Å²) in [6.45, 7) is 0. The summed E-state index contributed by atoms with van der Waals surface area (Å²) in [6.07, 6.45) is 0. The van der Waals surface area contributed by atoms with Crippen LogP contribution in [0, 0.1) is 5.82 Å². The highest BCUT2D eigenvalue weighted by molar-refractivity contribution is 6.33. The third-order valence-electron chi connectivity index (χ3n) is 2.72. The molecule has 0 bridgehead atoms. The maximum Gasteiger partial charge on any atom is 0.129 e. The number of ether oxygens (including phenoxy) is 1. The Morgan fingerprint density at radius 1 is 1.05 bits per heavy atom. The Balaban J connectivity index is 2.41. The lowest BCUT2D eigenvalue weighted by Gasteiger charge is -2.14. The van der Waals surface area contributed by atoms with Gasteiger partial charge in [-0.05, 0) is 29.8 Å². The van der Waals surface area contributed by atoms with E-state index in [0.29, 0.717) is 26.9 Å². The van der Waals surface area contributed by atoms with Crippen LogP contribution >= 0.6 is 34.8 Å². The number of hydrogen-bond acceptors (Lipinski definition) is 1. The number of alkyl halides is 1. The van der Waals surface area contributed by atoms with E-state index >= 15 is 0 Å². The van der Waals surface area contributed by atoms with Gasteiger partial charge >= 0.3 is 0 Å². The molecular formula is C14H10Cl3FO. The van der Waals surface area contributed by atoms with E-state index in [1.165, 1.54) is 6.07 Å². The summed E-state index contributed by atoms with van der Waals surface area (Å²) < 4.78 is 18.9. The van der Waals surface area contributed by atoms with Crippen molar-refractivity contribution < 1.29 is 9.13 Å². The molecule has 1 nitrogen and oxygen atoms in total. The van der Waals surface area contributed by atoms with Crippen LogP contribution in [0.2, 0.25) is 10.0 Å². The van der Waals surface area contributed by atoms with E-state index in [1.54, 1.807) is 37.4 Å². The van der Waals surface area contributed by atoms with Crippen LogP contribution in [-0.4, -0.2) is 7.11 Å². The highest BCUT2D eigenvalue weighted by atomic mass is 35.5. The van der Waals surface area contributed by atoms with Gasteiger partial charge in [0.1, 0.15) is 11.6 Å². The Hall–Kier alpha value is -0.960. The minimum Gasteiger partial charge on any atom is -0.497 e. The molecule has 2 aromatic rings. The van der Waals surface area contributed by atoms with Crippen molar-refractivity contribution in [3.05, 3.63) is 63.4 Å². The molecule has 0 saturated carbocycles. The van der Waals surface area contributed by atoms with Gasteiger partial charge in [-0.15, -0.1) is 11.6 Å². The molecular weight excluding hydrogens is 310 g/mol. The zero-order valence-electron chi connectivity index (χ0n) is 9.96. The highest BCUT2D eigenvalue weighted by Crippen LogP contribution is 2.37. The maximum atomic E-state index is 13.8. The summed E-state index contributed by atoms with van der Waals surface area (Å²) in [5.74, 6) is 0.161. The van der Waals surface area contributed by atoms with Gasteiger partial charge in [-0.3, -0.25) is 0 Å². The Morgan fingerprint density at radius 2 is 1.74 bits per heavy atom. The van der Waals surface area contributed by atoms with Crippen LogP contribution in [0.25, 0.3) is 0 Å². The molecule has 0 fully saturated rings. The van der Waals surface area contributed by atoms with E-state index in [0.717, 1.165) is 0 Å². The molecule has 0 aliphatic carbocycles. The highest BCUT2D eigenvalue weighted by Gasteiger charge is 2.18. The van der Waals surface area contributed by atoms with Crippen LogP contribution in [0.1, 0.15) is 16.5 Å². The molecule has 100 valence electrons. The van der Waals surface area contributed by atoms with Crippen molar-refractivity contribution in [2.24, 2.45) is 0 Å². The normalized spacial score (nSPS) is 12.3. The number of rotatable bonds is 3. The average Bonchev–Trinajstić information content (AvgIpc) is 2.37. The molecule has 0 spiro atoms. The second-order valence-corrected chi connectivity index (χ2v) is 5.20. The molecule has 5 heteroatoms. The Labute approximate surface area is 125 Å². The molecule has 0 aromatic heterocycles. The minimum absolute atomic E-state index is 0.325. The molecule has 0 amide bonds. The quantitative estimate of drug-likeness (QED) is 0.682. The first-order valence-corrected chi connectivity index (χ1v) is 6.64. The molecule has 0 aliphatic rings. The standard InChI is InChI=1S/C14H10Cl3FO/c1-19-9-3-5-10(12(16)7-9)14(17)11-4-2-8(15)6-13(11)18/h2-7,14H,1H3. The van der Waals surface area contributed by atoms with Crippen molar-refractivity contribution in [1.82, 2.24) is 0 Å². The Kier molecular flexibility index (Phi) is 4.56. The maximum absolute atomic E-state index is 13.8. The fourth-order valence-electron chi connectivity index (χ4n) is 1.71. The summed E-state index contributed by atoms with van der Waals surface area (Å²) in [7, 11) is 1.54. The number of halogens is 4. The molecule has 0 heterocycles. The van der Waals surface area contributed by atoms with Crippen molar-refractivity contribution >= 4 is 34.8 Å². The van der Waals surface area contributed by atoms with E-state index in [1.807, 2.05) is 0 Å². The first kappa shape index (κ1) is 14.4. The van der Waals surface area contributed by atoms with Crippen LogP contribution in [0.5, 0.6) is 5.75 Å². The second kappa shape index (κ2) is 6.00. The summed E-state index contributed by atoms with van der Waals surface area (Å²) in [6, 6.07) is 9.45. The molecule has 1 unspecified atom stereocenters. The zero-order chi connectivity index (χ0) is 14.0. The zero-order valence-corrected chi connectivity index (χ0v) is 12.2. The molecule has 19 heavy (non-hydrogen) atoms. The van der Waals surface area contributed by atoms with Crippen molar-refractivity contribution in [2.75, 3.05) is 7.11 Å². The third kappa shape index (κ3) is 3.14. The first-order valence-electron chi connectivity index (χ1n) is 5.45.